The van der Waals surface area contributed by atoms with Gasteiger partial charge in [0.2, 0.25) is 0 Å². The number of hydrogen-bond donors (Lipinski definition) is 1. The first-order valence-corrected chi connectivity index (χ1v) is 6.14. The molecule has 0 amide bonds. The zero-order valence-corrected chi connectivity index (χ0v) is 10.9. The number of rotatable bonds is 6. The number of nitrogens with zero attached hydrogens (tertiary/aromatic N) is 1. The third-order valence-electron chi connectivity index (χ3n) is 3.27. The second-order valence-corrected chi connectivity index (χ2v) is 4.32. The number of nitrogens with two attached hydrogens (primary N) is 1. The molecule has 0 saturated heterocycles. The molecule has 0 aromatic carbocycles. The van der Waals surface area contributed by atoms with Crippen LogP contribution in [0.1, 0.15) is 44.3 Å². The van der Waals surface area contributed by atoms with Gasteiger partial charge in [0.15, 0.2) is 0 Å². The van der Waals surface area contributed by atoms with Gasteiger partial charge in [0.1, 0.15) is 11.5 Å². The Morgan fingerprint density at radius 1 is 1.44 bits per heavy atom. The van der Waals surface area contributed by atoms with Crippen molar-refractivity contribution in [3.05, 3.63) is 23.2 Å². The maximum absolute atomic E-state index is 5.71. The summed E-state index contributed by atoms with van der Waals surface area (Å²) in [6, 6.07) is 2.68. The summed E-state index contributed by atoms with van der Waals surface area (Å²) in [6.45, 7) is 11.1. The van der Waals surface area contributed by atoms with Crippen LogP contribution in [0.15, 0.2) is 10.5 Å². The van der Waals surface area contributed by atoms with E-state index in [0.717, 1.165) is 36.6 Å². The van der Waals surface area contributed by atoms with E-state index in [4.69, 9.17) is 10.2 Å². The molecule has 1 heterocycles. The van der Waals surface area contributed by atoms with E-state index >= 15 is 0 Å². The van der Waals surface area contributed by atoms with Crippen LogP contribution >= 0.6 is 0 Å². The molecule has 0 aliphatic heterocycles. The monoisotopic (exact) mass is 224 g/mol. The highest BCUT2D eigenvalue weighted by atomic mass is 16.3. The van der Waals surface area contributed by atoms with Gasteiger partial charge < -0.3 is 10.2 Å². The summed E-state index contributed by atoms with van der Waals surface area (Å²) < 4.78 is 5.71. The Morgan fingerprint density at radius 3 is 2.56 bits per heavy atom. The highest BCUT2D eigenvalue weighted by Crippen LogP contribution is 2.17. The van der Waals surface area contributed by atoms with Crippen molar-refractivity contribution < 1.29 is 4.42 Å². The maximum atomic E-state index is 5.71. The first-order chi connectivity index (χ1) is 7.62. The zero-order valence-electron chi connectivity index (χ0n) is 10.9. The molecule has 3 heteroatoms. The summed E-state index contributed by atoms with van der Waals surface area (Å²) in [6.07, 6.45) is 1.16. The highest BCUT2D eigenvalue weighted by Gasteiger charge is 2.13. The average molecular weight is 224 g/mol. The van der Waals surface area contributed by atoms with E-state index in [2.05, 4.69) is 31.7 Å². The van der Waals surface area contributed by atoms with Crippen molar-refractivity contribution in [2.24, 2.45) is 5.73 Å². The lowest BCUT2D eigenvalue weighted by Crippen LogP contribution is -2.31. The lowest BCUT2D eigenvalue weighted by atomic mass is 10.2. The van der Waals surface area contributed by atoms with Crippen LogP contribution in [0, 0.1) is 6.92 Å². The van der Waals surface area contributed by atoms with E-state index in [9.17, 15) is 0 Å². The molecule has 3 nitrogen and oxygen atoms in total. The van der Waals surface area contributed by atoms with E-state index in [1.807, 2.05) is 6.92 Å². The molecule has 0 aliphatic carbocycles. The van der Waals surface area contributed by atoms with Gasteiger partial charge in [0.05, 0.1) is 6.54 Å². The zero-order chi connectivity index (χ0) is 12.1. The van der Waals surface area contributed by atoms with Crippen LogP contribution in [-0.2, 0) is 13.1 Å². The molecule has 0 spiro atoms. The molecule has 2 N–H and O–H groups in total. The molecular weight excluding hydrogens is 200 g/mol. The number of hydrogen-bond acceptors (Lipinski definition) is 3. The summed E-state index contributed by atoms with van der Waals surface area (Å²) in [5, 5.41) is 0. The third kappa shape index (κ3) is 3.09. The van der Waals surface area contributed by atoms with Gasteiger partial charge in [-0.2, -0.15) is 0 Å². The van der Waals surface area contributed by atoms with Crippen molar-refractivity contribution in [3.63, 3.8) is 0 Å². The van der Waals surface area contributed by atoms with Crippen molar-refractivity contribution >= 4 is 0 Å². The minimum atomic E-state index is 0.560. The van der Waals surface area contributed by atoms with E-state index in [1.54, 1.807) is 0 Å². The minimum Gasteiger partial charge on any atom is -0.465 e. The van der Waals surface area contributed by atoms with Gasteiger partial charge in [-0.1, -0.05) is 13.8 Å². The lowest BCUT2D eigenvalue weighted by molar-refractivity contribution is 0.189. The Bertz CT molecular complexity index is 320. The van der Waals surface area contributed by atoms with Crippen LogP contribution in [0.3, 0.4) is 0 Å². The van der Waals surface area contributed by atoms with Gasteiger partial charge in [0, 0.05) is 18.2 Å². The van der Waals surface area contributed by atoms with Crippen LogP contribution < -0.4 is 5.73 Å². The molecule has 1 rings (SSSR count). The Kier molecular flexibility index (Phi) is 5.03. The summed E-state index contributed by atoms with van der Waals surface area (Å²) in [4.78, 5) is 2.42. The number of aryl methyl sites for hydroxylation is 1. The fourth-order valence-corrected chi connectivity index (χ4v) is 1.91. The summed E-state index contributed by atoms with van der Waals surface area (Å²) in [7, 11) is 0. The Morgan fingerprint density at radius 2 is 2.12 bits per heavy atom. The Labute approximate surface area is 98.6 Å². The summed E-state index contributed by atoms with van der Waals surface area (Å²) in [5.74, 6) is 1.98. The molecular formula is C13H24N2O. The number of furan rings is 1. The SMILES string of the molecule is CCC(C)N(CC)Cc1cc(CN)c(C)o1. The van der Waals surface area contributed by atoms with Crippen molar-refractivity contribution in [2.45, 2.75) is 53.2 Å². The fraction of sp³-hybridized carbons (Fsp3) is 0.692. The topological polar surface area (TPSA) is 42.4 Å². The van der Waals surface area contributed by atoms with Gasteiger partial charge in [-0.05, 0) is 32.9 Å². The van der Waals surface area contributed by atoms with Crippen LogP contribution in [0.2, 0.25) is 0 Å². The molecule has 1 unspecified atom stereocenters. The van der Waals surface area contributed by atoms with Crippen molar-refractivity contribution in [1.29, 1.82) is 0 Å². The molecule has 1 aromatic rings. The fourth-order valence-electron chi connectivity index (χ4n) is 1.91. The Hall–Kier alpha value is -0.800. The molecule has 0 radical (unpaired) electrons. The quantitative estimate of drug-likeness (QED) is 0.807. The second-order valence-electron chi connectivity index (χ2n) is 4.32. The van der Waals surface area contributed by atoms with E-state index in [1.165, 1.54) is 0 Å². The average Bonchev–Trinajstić information content (AvgIpc) is 2.65. The largest absolute Gasteiger partial charge is 0.465 e. The standard InChI is InChI=1S/C13H24N2O/c1-5-10(3)15(6-2)9-13-7-12(8-14)11(4)16-13/h7,10H,5-6,8-9,14H2,1-4H3. The van der Waals surface area contributed by atoms with E-state index in [0.29, 0.717) is 12.6 Å². The second kappa shape index (κ2) is 6.06. The molecule has 0 saturated carbocycles. The minimum absolute atomic E-state index is 0.560. The first kappa shape index (κ1) is 13.3. The van der Waals surface area contributed by atoms with E-state index in [-0.39, 0.29) is 0 Å². The van der Waals surface area contributed by atoms with Gasteiger partial charge in [-0.3, -0.25) is 4.90 Å². The predicted molar refractivity (Wildman–Crippen MR) is 67.2 cm³/mol. The van der Waals surface area contributed by atoms with Crippen LogP contribution in [0.25, 0.3) is 0 Å². The van der Waals surface area contributed by atoms with Gasteiger partial charge in [-0.25, -0.2) is 0 Å². The Balaban J connectivity index is 2.70. The van der Waals surface area contributed by atoms with Gasteiger partial charge in [-0.15, -0.1) is 0 Å². The molecule has 0 aliphatic rings. The molecule has 0 fully saturated rings. The smallest absolute Gasteiger partial charge is 0.118 e. The predicted octanol–water partition coefficient (Wildman–Crippen LogP) is 2.67. The van der Waals surface area contributed by atoms with Gasteiger partial charge in [0.25, 0.3) is 0 Å². The van der Waals surface area contributed by atoms with Gasteiger partial charge >= 0.3 is 0 Å². The molecule has 1 aromatic heterocycles. The van der Waals surface area contributed by atoms with Crippen LogP contribution in [0.5, 0.6) is 0 Å². The van der Waals surface area contributed by atoms with Crippen molar-refractivity contribution in [3.8, 4) is 0 Å². The van der Waals surface area contributed by atoms with Crippen LogP contribution in [-0.4, -0.2) is 17.5 Å². The maximum Gasteiger partial charge on any atom is 0.118 e. The normalized spacial score (nSPS) is 13.4. The first-order valence-electron chi connectivity index (χ1n) is 6.14. The molecule has 0 bridgehead atoms. The van der Waals surface area contributed by atoms with E-state index < -0.39 is 0 Å². The molecule has 1 atom stereocenters. The summed E-state index contributed by atoms with van der Waals surface area (Å²) >= 11 is 0. The van der Waals surface area contributed by atoms with Crippen molar-refractivity contribution in [2.75, 3.05) is 6.54 Å². The van der Waals surface area contributed by atoms with Crippen LogP contribution in [0.4, 0.5) is 0 Å². The summed E-state index contributed by atoms with van der Waals surface area (Å²) in [5.41, 5.74) is 6.76. The molecule has 16 heavy (non-hydrogen) atoms. The highest BCUT2D eigenvalue weighted by molar-refractivity contribution is 5.20. The molecule has 92 valence electrons. The van der Waals surface area contributed by atoms with Crippen molar-refractivity contribution in [1.82, 2.24) is 4.90 Å². The third-order valence-corrected chi connectivity index (χ3v) is 3.27. The lowest BCUT2D eigenvalue weighted by Gasteiger charge is -2.25.